The molecule has 0 bridgehead atoms. The molecule has 0 radical (unpaired) electrons. The van der Waals surface area contributed by atoms with E-state index >= 15 is 0 Å². The maximum atomic E-state index is 12.6. The van der Waals surface area contributed by atoms with Crippen LogP contribution in [0.1, 0.15) is 59.8 Å². The van der Waals surface area contributed by atoms with Crippen LogP contribution in [-0.2, 0) is 9.59 Å². The first-order chi connectivity index (χ1) is 8.71. The fourth-order valence-electron chi connectivity index (χ4n) is 3.19. The predicted octanol–water partition coefficient (Wildman–Crippen LogP) is 2.08. The van der Waals surface area contributed by atoms with E-state index < -0.39 is 5.54 Å². The predicted molar refractivity (Wildman–Crippen MR) is 74.6 cm³/mol. The van der Waals surface area contributed by atoms with Crippen LogP contribution in [0.25, 0.3) is 0 Å². The normalized spacial score (nSPS) is 27.9. The zero-order chi connectivity index (χ0) is 14.3. The second-order valence-electron chi connectivity index (χ2n) is 7.32. The van der Waals surface area contributed by atoms with E-state index in [1.54, 1.807) is 13.8 Å². The monoisotopic (exact) mass is 266 g/mol. The van der Waals surface area contributed by atoms with Gasteiger partial charge in [-0.3, -0.25) is 9.59 Å². The van der Waals surface area contributed by atoms with Gasteiger partial charge in [0.05, 0.1) is 0 Å². The van der Waals surface area contributed by atoms with Gasteiger partial charge in [0.2, 0.25) is 11.8 Å². The van der Waals surface area contributed by atoms with Crippen LogP contribution in [0.15, 0.2) is 0 Å². The Hall–Kier alpha value is -1.06. The molecule has 1 saturated carbocycles. The van der Waals surface area contributed by atoms with Crippen molar-refractivity contribution in [3.8, 4) is 0 Å². The van der Waals surface area contributed by atoms with Crippen LogP contribution in [-0.4, -0.2) is 34.8 Å². The largest absolute Gasteiger partial charge is 0.342 e. The van der Waals surface area contributed by atoms with Crippen LogP contribution in [0.2, 0.25) is 0 Å². The van der Waals surface area contributed by atoms with Crippen molar-refractivity contribution in [3.63, 3.8) is 0 Å². The summed E-state index contributed by atoms with van der Waals surface area (Å²) in [7, 11) is 0. The lowest BCUT2D eigenvalue weighted by molar-refractivity contribution is -0.140. The minimum atomic E-state index is -0.763. The summed E-state index contributed by atoms with van der Waals surface area (Å²) in [6, 6.07) is 0.312. The van der Waals surface area contributed by atoms with Crippen molar-refractivity contribution in [1.82, 2.24) is 10.2 Å². The lowest BCUT2D eigenvalue weighted by atomic mass is 9.75. The topological polar surface area (TPSA) is 49.4 Å². The van der Waals surface area contributed by atoms with E-state index in [-0.39, 0.29) is 11.8 Å². The lowest BCUT2D eigenvalue weighted by Crippen LogP contribution is -2.55. The van der Waals surface area contributed by atoms with Crippen LogP contribution >= 0.6 is 0 Å². The second kappa shape index (κ2) is 4.80. The molecule has 1 N–H and O–H groups in total. The summed E-state index contributed by atoms with van der Waals surface area (Å²) in [6.45, 7) is 8.76. The molecule has 0 aromatic rings. The summed E-state index contributed by atoms with van der Waals surface area (Å²) in [4.78, 5) is 26.2. The van der Waals surface area contributed by atoms with Crippen LogP contribution in [0.5, 0.6) is 0 Å². The molecule has 108 valence electrons. The van der Waals surface area contributed by atoms with Gasteiger partial charge in [-0.2, -0.15) is 0 Å². The zero-order valence-electron chi connectivity index (χ0n) is 12.6. The van der Waals surface area contributed by atoms with Gasteiger partial charge in [0, 0.05) is 19.0 Å². The zero-order valence-corrected chi connectivity index (χ0v) is 12.6. The summed E-state index contributed by atoms with van der Waals surface area (Å²) in [5.41, 5.74) is -0.366. The SMILES string of the molecule is CC1(C)CCC(N2CCC(=O)NC(C)(C)C2=O)CC1. The molecule has 2 amide bonds. The third-order valence-corrected chi connectivity index (χ3v) is 4.58. The van der Waals surface area contributed by atoms with Crippen molar-refractivity contribution < 1.29 is 9.59 Å². The fraction of sp³-hybridized carbons (Fsp3) is 0.867. The molecule has 0 atom stereocenters. The first-order valence-corrected chi connectivity index (χ1v) is 7.33. The summed E-state index contributed by atoms with van der Waals surface area (Å²) >= 11 is 0. The van der Waals surface area contributed by atoms with E-state index in [0.29, 0.717) is 24.4 Å². The number of rotatable bonds is 1. The highest BCUT2D eigenvalue weighted by molar-refractivity contribution is 5.93. The minimum absolute atomic E-state index is 0.0167. The summed E-state index contributed by atoms with van der Waals surface area (Å²) in [5, 5.41) is 2.82. The molecule has 4 nitrogen and oxygen atoms in total. The molecular formula is C15H26N2O2. The van der Waals surface area contributed by atoms with Gasteiger partial charge in [-0.05, 0) is 44.9 Å². The quantitative estimate of drug-likeness (QED) is 0.790. The van der Waals surface area contributed by atoms with E-state index in [2.05, 4.69) is 19.2 Å². The number of hydrogen-bond donors (Lipinski definition) is 1. The van der Waals surface area contributed by atoms with Gasteiger partial charge in [0.1, 0.15) is 5.54 Å². The molecule has 1 aliphatic carbocycles. The van der Waals surface area contributed by atoms with E-state index in [9.17, 15) is 9.59 Å². The van der Waals surface area contributed by atoms with Crippen molar-refractivity contribution in [1.29, 1.82) is 0 Å². The van der Waals surface area contributed by atoms with Gasteiger partial charge in [-0.25, -0.2) is 0 Å². The Bertz CT molecular complexity index is 378. The molecule has 1 saturated heterocycles. The summed E-state index contributed by atoms with van der Waals surface area (Å²) in [6.07, 6.45) is 4.85. The van der Waals surface area contributed by atoms with Gasteiger partial charge < -0.3 is 10.2 Å². The molecule has 2 rings (SSSR count). The maximum absolute atomic E-state index is 12.6. The molecular weight excluding hydrogens is 240 g/mol. The van der Waals surface area contributed by atoms with Gasteiger partial charge in [-0.15, -0.1) is 0 Å². The van der Waals surface area contributed by atoms with Gasteiger partial charge in [0.15, 0.2) is 0 Å². The molecule has 0 aromatic carbocycles. The molecule has 0 aromatic heterocycles. The molecule has 1 heterocycles. The van der Waals surface area contributed by atoms with E-state index in [0.717, 1.165) is 25.7 Å². The number of amides is 2. The highest BCUT2D eigenvalue weighted by atomic mass is 16.2. The number of hydrogen-bond acceptors (Lipinski definition) is 2. The first-order valence-electron chi connectivity index (χ1n) is 7.33. The van der Waals surface area contributed by atoms with E-state index in [4.69, 9.17) is 0 Å². The van der Waals surface area contributed by atoms with Crippen molar-refractivity contribution in [2.45, 2.75) is 71.4 Å². The van der Waals surface area contributed by atoms with Gasteiger partial charge >= 0.3 is 0 Å². The van der Waals surface area contributed by atoms with Crippen molar-refractivity contribution >= 4 is 11.8 Å². The van der Waals surface area contributed by atoms with Gasteiger partial charge in [-0.1, -0.05) is 13.8 Å². The Kier molecular flexibility index (Phi) is 3.63. The second-order valence-corrected chi connectivity index (χ2v) is 7.32. The third kappa shape index (κ3) is 3.10. The highest BCUT2D eigenvalue weighted by Gasteiger charge is 2.40. The highest BCUT2D eigenvalue weighted by Crippen LogP contribution is 2.37. The minimum Gasteiger partial charge on any atom is -0.342 e. The van der Waals surface area contributed by atoms with Crippen LogP contribution in [0.3, 0.4) is 0 Å². The molecule has 4 heteroatoms. The summed E-state index contributed by atoms with van der Waals surface area (Å²) in [5.74, 6) is 0.0556. The standard InChI is InChI=1S/C15H26N2O2/c1-14(2)8-5-11(6-9-14)17-10-7-12(18)16-15(3,4)13(17)19/h11H,5-10H2,1-4H3,(H,16,18). The van der Waals surface area contributed by atoms with Crippen LogP contribution < -0.4 is 5.32 Å². The Balaban J connectivity index is 2.11. The molecule has 0 spiro atoms. The van der Waals surface area contributed by atoms with Crippen molar-refractivity contribution in [2.24, 2.45) is 5.41 Å². The van der Waals surface area contributed by atoms with Crippen molar-refractivity contribution in [2.75, 3.05) is 6.54 Å². The Labute approximate surface area is 115 Å². The molecule has 1 aliphatic heterocycles. The third-order valence-electron chi connectivity index (χ3n) is 4.58. The number of carbonyl (C=O) groups is 2. The van der Waals surface area contributed by atoms with Crippen molar-refractivity contribution in [3.05, 3.63) is 0 Å². The Morgan fingerprint density at radius 1 is 1.11 bits per heavy atom. The molecule has 2 aliphatic rings. The van der Waals surface area contributed by atoms with Crippen LogP contribution in [0.4, 0.5) is 0 Å². The maximum Gasteiger partial charge on any atom is 0.248 e. The number of nitrogens with one attached hydrogen (secondary N) is 1. The average Bonchev–Trinajstić information content (AvgIpc) is 2.38. The smallest absolute Gasteiger partial charge is 0.248 e. The molecule has 19 heavy (non-hydrogen) atoms. The molecule has 2 fully saturated rings. The summed E-state index contributed by atoms with van der Waals surface area (Å²) < 4.78 is 0. The van der Waals surface area contributed by atoms with E-state index in [1.807, 2.05) is 4.90 Å². The fourth-order valence-corrected chi connectivity index (χ4v) is 3.19. The average molecular weight is 266 g/mol. The van der Waals surface area contributed by atoms with Crippen LogP contribution in [0, 0.1) is 5.41 Å². The number of nitrogens with zero attached hydrogens (tertiary/aromatic N) is 1. The Morgan fingerprint density at radius 2 is 1.68 bits per heavy atom. The number of carbonyl (C=O) groups excluding carboxylic acids is 2. The van der Waals surface area contributed by atoms with E-state index in [1.165, 1.54) is 0 Å². The Morgan fingerprint density at radius 3 is 2.26 bits per heavy atom. The lowest BCUT2D eigenvalue weighted by Gasteiger charge is -2.41. The first kappa shape index (κ1) is 14.4. The molecule has 0 unspecified atom stereocenters. The van der Waals surface area contributed by atoms with Gasteiger partial charge in [0.25, 0.3) is 0 Å².